The first-order chi connectivity index (χ1) is 9.19. The summed E-state index contributed by atoms with van der Waals surface area (Å²) in [6.45, 7) is 0.0469. The fraction of sp³-hybridized carbons (Fsp3) is 0.538. The molecule has 2 atom stereocenters. The van der Waals surface area contributed by atoms with E-state index in [1.54, 1.807) is 0 Å². The minimum absolute atomic E-state index is 0.0469. The van der Waals surface area contributed by atoms with E-state index in [4.69, 9.17) is 18.2 Å². The zero-order valence-corrected chi connectivity index (χ0v) is 11.2. The van der Waals surface area contributed by atoms with Gasteiger partial charge in [-0.3, -0.25) is 8.74 Å². The molecule has 2 aliphatic rings. The lowest BCUT2D eigenvalue weighted by Crippen LogP contribution is -2.42. The van der Waals surface area contributed by atoms with Crippen LogP contribution < -0.4 is 4.74 Å². The average molecular weight is 284 g/mol. The first-order valence-corrected chi connectivity index (χ1v) is 7.42. The number of para-hydroxylation sites is 1. The number of rotatable bonds is 3. The quantitative estimate of drug-likeness (QED) is 0.864. The van der Waals surface area contributed by atoms with Gasteiger partial charge in [-0.2, -0.15) is 4.21 Å². The van der Waals surface area contributed by atoms with E-state index >= 15 is 0 Å². The third kappa shape index (κ3) is 2.67. The van der Waals surface area contributed by atoms with Crippen LogP contribution in [-0.4, -0.2) is 21.2 Å². The van der Waals surface area contributed by atoms with Crippen LogP contribution in [0.1, 0.15) is 37.4 Å². The predicted octanol–water partition coefficient (Wildman–Crippen LogP) is 2.56. The molecular weight excluding hydrogens is 268 g/mol. The van der Waals surface area contributed by atoms with Crippen molar-refractivity contribution in [1.82, 2.24) is 0 Å². The molecule has 1 fully saturated rings. The topological polar surface area (TPSA) is 65.0 Å². The molecule has 6 heteroatoms. The molecule has 3 rings (SSSR count). The Kier molecular flexibility index (Phi) is 3.58. The summed E-state index contributed by atoms with van der Waals surface area (Å²) in [6.07, 6.45) is 3.47. The first kappa shape index (κ1) is 13.1. The van der Waals surface area contributed by atoms with Crippen LogP contribution in [0.3, 0.4) is 0 Å². The average Bonchev–Trinajstić information content (AvgIpc) is 2.83. The van der Waals surface area contributed by atoms with Gasteiger partial charge in [0.25, 0.3) is 0 Å². The second-order valence-corrected chi connectivity index (χ2v) is 5.54. The summed E-state index contributed by atoms with van der Waals surface area (Å²) >= 11 is -2.28. The predicted molar refractivity (Wildman–Crippen MR) is 68.8 cm³/mol. The molecule has 0 aromatic heterocycles. The molecule has 1 unspecified atom stereocenters. The number of benzene rings is 1. The van der Waals surface area contributed by atoms with E-state index in [1.165, 1.54) is 0 Å². The van der Waals surface area contributed by atoms with Gasteiger partial charge in [0.05, 0.1) is 6.61 Å². The third-order valence-electron chi connectivity index (χ3n) is 3.60. The Hall–Kier alpha value is -0.950. The SMILES string of the molecule is O=S(O)OC[C@@H]1OC2(CCCC2)Oc2ccccc21. The van der Waals surface area contributed by atoms with Crippen LogP contribution in [-0.2, 0) is 20.3 Å². The molecule has 1 aromatic rings. The molecule has 0 amide bonds. The fourth-order valence-electron chi connectivity index (χ4n) is 2.76. The van der Waals surface area contributed by atoms with Crippen molar-refractivity contribution >= 4 is 11.4 Å². The lowest BCUT2D eigenvalue weighted by atomic mass is 10.1. The number of hydrogen-bond acceptors (Lipinski definition) is 4. The summed E-state index contributed by atoms with van der Waals surface area (Å²) in [6, 6.07) is 7.60. The van der Waals surface area contributed by atoms with Gasteiger partial charge in [-0.25, -0.2) is 0 Å². The summed E-state index contributed by atoms with van der Waals surface area (Å²) in [7, 11) is 0. The highest BCUT2D eigenvalue weighted by Gasteiger charge is 2.44. The first-order valence-electron chi connectivity index (χ1n) is 6.38. The molecular formula is C13H16O5S. The molecule has 1 aromatic carbocycles. The second-order valence-electron chi connectivity index (χ2n) is 4.87. The van der Waals surface area contributed by atoms with E-state index < -0.39 is 17.1 Å². The molecule has 0 radical (unpaired) electrons. The lowest BCUT2D eigenvalue weighted by Gasteiger charge is -2.39. The third-order valence-corrected chi connectivity index (χ3v) is 3.94. The summed E-state index contributed by atoms with van der Waals surface area (Å²) < 4.78 is 36.2. The van der Waals surface area contributed by atoms with Crippen molar-refractivity contribution in [3.63, 3.8) is 0 Å². The van der Waals surface area contributed by atoms with Crippen LogP contribution >= 0.6 is 0 Å². The maximum atomic E-state index is 10.7. The number of ether oxygens (including phenoxy) is 2. The molecule has 0 bridgehead atoms. The van der Waals surface area contributed by atoms with E-state index in [2.05, 4.69) is 0 Å². The van der Waals surface area contributed by atoms with Gasteiger partial charge >= 0.3 is 11.4 Å². The van der Waals surface area contributed by atoms with E-state index in [-0.39, 0.29) is 12.7 Å². The zero-order valence-electron chi connectivity index (χ0n) is 10.4. The van der Waals surface area contributed by atoms with Crippen LogP contribution in [0, 0.1) is 0 Å². The molecule has 1 spiro atoms. The van der Waals surface area contributed by atoms with Crippen molar-refractivity contribution in [2.45, 2.75) is 37.6 Å². The van der Waals surface area contributed by atoms with Gasteiger partial charge < -0.3 is 9.47 Å². The highest BCUT2D eigenvalue weighted by molar-refractivity contribution is 7.74. The maximum absolute atomic E-state index is 10.7. The zero-order chi connectivity index (χ0) is 13.3. The van der Waals surface area contributed by atoms with Crippen molar-refractivity contribution < 1.29 is 22.4 Å². The van der Waals surface area contributed by atoms with Crippen LogP contribution in [0.4, 0.5) is 0 Å². The largest absolute Gasteiger partial charge is 0.462 e. The molecule has 1 heterocycles. The summed E-state index contributed by atoms with van der Waals surface area (Å²) in [5.74, 6) is 0.201. The molecule has 5 nitrogen and oxygen atoms in total. The Labute approximate surface area is 114 Å². The minimum atomic E-state index is -2.28. The Balaban J connectivity index is 1.87. The van der Waals surface area contributed by atoms with E-state index in [1.807, 2.05) is 24.3 Å². The highest BCUT2D eigenvalue weighted by Crippen LogP contribution is 2.45. The van der Waals surface area contributed by atoms with Gasteiger partial charge in [0, 0.05) is 18.4 Å². The van der Waals surface area contributed by atoms with Gasteiger partial charge in [-0.05, 0) is 18.9 Å². The van der Waals surface area contributed by atoms with E-state index in [9.17, 15) is 4.21 Å². The van der Waals surface area contributed by atoms with E-state index in [0.29, 0.717) is 0 Å². The van der Waals surface area contributed by atoms with Gasteiger partial charge in [0.2, 0.25) is 5.79 Å². The smallest absolute Gasteiger partial charge is 0.301 e. The molecule has 1 N–H and O–H groups in total. The monoisotopic (exact) mass is 284 g/mol. The number of hydrogen-bond donors (Lipinski definition) is 1. The second kappa shape index (κ2) is 5.20. The summed E-state index contributed by atoms with van der Waals surface area (Å²) in [5.41, 5.74) is 0.866. The van der Waals surface area contributed by atoms with Crippen molar-refractivity contribution in [3.8, 4) is 5.75 Å². The van der Waals surface area contributed by atoms with Crippen LogP contribution in [0.15, 0.2) is 24.3 Å². The highest BCUT2D eigenvalue weighted by atomic mass is 32.2. The molecule has 1 aliphatic heterocycles. The van der Waals surface area contributed by atoms with Crippen molar-refractivity contribution in [2.75, 3.05) is 6.61 Å². The minimum Gasteiger partial charge on any atom is -0.462 e. The molecule has 19 heavy (non-hydrogen) atoms. The van der Waals surface area contributed by atoms with E-state index in [0.717, 1.165) is 37.0 Å². The summed E-state index contributed by atoms with van der Waals surface area (Å²) in [5, 5.41) is 0. The Morgan fingerprint density at radius 1 is 1.37 bits per heavy atom. The lowest BCUT2D eigenvalue weighted by molar-refractivity contribution is -0.230. The summed E-state index contributed by atoms with van der Waals surface area (Å²) in [4.78, 5) is 0. The Morgan fingerprint density at radius 2 is 2.11 bits per heavy atom. The van der Waals surface area contributed by atoms with Gasteiger partial charge in [-0.15, -0.1) is 0 Å². The van der Waals surface area contributed by atoms with Gasteiger partial charge in [0.15, 0.2) is 0 Å². The van der Waals surface area contributed by atoms with Gasteiger partial charge in [0.1, 0.15) is 11.9 Å². The fourth-order valence-corrected chi connectivity index (χ4v) is 3.00. The molecule has 104 valence electrons. The van der Waals surface area contributed by atoms with Crippen molar-refractivity contribution in [3.05, 3.63) is 29.8 Å². The molecule has 0 saturated heterocycles. The Morgan fingerprint density at radius 3 is 2.84 bits per heavy atom. The standard InChI is InChI=1S/C13H16O5S/c14-19(15)16-9-12-10-5-1-2-6-11(10)17-13(18-12)7-3-4-8-13/h1-2,5-6,12H,3-4,7-9H2,(H,14,15)/t12-/m0/s1. The van der Waals surface area contributed by atoms with Crippen LogP contribution in [0.25, 0.3) is 0 Å². The van der Waals surface area contributed by atoms with Crippen LogP contribution in [0.5, 0.6) is 5.75 Å². The van der Waals surface area contributed by atoms with Crippen LogP contribution in [0.2, 0.25) is 0 Å². The maximum Gasteiger partial charge on any atom is 0.301 e. The molecule has 1 aliphatic carbocycles. The van der Waals surface area contributed by atoms with Gasteiger partial charge in [-0.1, -0.05) is 18.2 Å². The number of fused-ring (bicyclic) bond motifs is 1. The molecule has 1 saturated carbocycles. The Bertz CT molecular complexity index is 484. The van der Waals surface area contributed by atoms with Crippen molar-refractivity contribution in [2.24, 2.45) is 0 Å². The normalized spacial score (nSPS) is 25.8. The van der Waals surface area contributed by atoms with Crippen molar-refractivity contribution in [1.29, 1.82) is 0 Å².